The van der Waals surface area contributed by atoms with Crippen LogP contribution in [0.5, 0.6) is 0 Å². The van der Waals surface area contributed by atoms with E-state index in [1.165, 1.54) is 4.90 Å². The molecular weight excluding hydrogens is 148 g/mol. The molecule has 1 saturated heterocycles. The number of β-amino-alcohol motifs (C(OH)–C–C–N with tert-alkyl or cyclic N) is 1. The molecule has 1 rings (SSSR count). The molecule has 0 aliphatic carbocycles. The number of likely N-dealkylation sites (tertiary alicyclic amines) is 1. The Labute approximate surface area is 63.8 Å². The molecule has 2 unspecified atom stereocenters. The van der Waals surface area contributed by atoms with Crippen LogP contribution in [0.2, 0.25) is 0 Å². The van der Waals surface area contributed by atoms with E-state index < -0.39 is 18.1 Å². The molecule has 0 bridgehead atoms. The third-order valence-electron chi connectivity index (χ3n) is 1.78. The number of hydrogen-bond acceptors (Lipinski definition) is 3. The van der Waals surface area contributed by atoms with Crippen molar-refractivity contribution in [2.45, 2.75) is 18.6 Å². The summed E-state index contributed by atoms with van der Waals surface area (Å²) in [4.78, 5) is 22.1. The first-order valence-electron chi connectivity index (χ1n) is 3.33. The van der Waals surface area contributed by atoms with Gasteiger partial charge in [-0.25, -0.2) is 0 Å². The van der Waals surface area contributed by atoms with Gasteiger partial charge in [-0.1, -0.05) is 0 Å². The summed E-state index contributed by atoms with van der Waals surface area (Å²) in [5, 5.41) is 9.04. The maximum atomic E-state index is 10.6. The fraction of sp³-hybridized carbons (Fsp3) is 0.667. The quantitative estimate of drug-likeness (QED) is 0.459. The Kier molecular flexibility index (Phi) is 2.09. The third kappa shape index (κ3) is 1.48. The van der Waals surface area contributed by atoms with Crippen molar-refractivity contribution < 1.29 is 14.7 Å². The van der Waals surface area contributed by atoms with Gasteiger partial charge < -0.3 is 15.7 Å². The first-order valence-corrected chi connectivity index (χ1v) is 3.33. The average Bonchev–Trinajstić information content (AvgIpc) is 2.30. The van der Waals surface area contributed by atoms with Crippen LogP contribution in [0.4, 0.5) is 0 Å². The molecule has 1 fully saturated rings. The molecule has 1 aliphatic heterocycles. The van der Waals surface area contributed by atoms with Crippen molar-refractivity contribution in [2.75, 3.05) is 6.54 Å². The van der Waals surface area contributed by atoms with Gasteiger partial charge in [-0.15, -0.1) is 0 Å². The van der Waals surface area contributed by atoms with E-state index >= 15 is 0 Å². The van der Waals surface area contributed by atoms with Crippen LogP contribution in [0.1, 0.15) is 6.42 Å². The van der Waals surface area contributed by atoms with Crippen LogP contribution >= 0.6 is 0 Å². The van der Waals surface area contributed by atoms with Gasteiger partial charge in [-0.3, -0.25) is 9.59 Å². The molecule has 0 saturated carbocycles. The average molecular weight is 158 g/mol. The Balaban J connectivity index is 2.64. The van der Waals surface area contributed by atoms with Crippen LogP contribution in [0.25, 0.3) is 0 Å². The predicted octanol–water partition coefficient (Wildman–Crippen LogP) is -1.94. The van der Waals surface area contributed by atoms with E-state index in [-0.39, 0.29) is 13.0 Å². The molecule has 11 heavy (non-hydrogen) atoms. The van der Waals surface area contributed by atoms with Crippen molar-refractivity contribution in [1.29, 1.82) is 0 Å². The zero-order valence-corrected chi connectivity index (χ0v) is 5.93. The molecule has 5 heteroatoms. The minimum Gasteiger partial charge on any atom is -0.391 e. The number of nitrogens with zero attached hydrogens (tertiary/aromatic N) is 1. The minimum absolute atomic E-state index is 0.205. The Bertz CT molecular complexity index is 183. The summed E-state index contributed by atoms with van der Waals surface area (Å²) < 4.78 is 0. The molecule has 1 heterocycles. The number of carbonyl (C=O) groups excluding carboxylic acids is 2. The molecule has 5 nitrogen and oxygen atoms in total. The standard InChI is InChI=1S/C6H10N2O3/c7-6(11)5-1-4(10)2-8(5)3-9/h3-5,10H,1-2H2,(H2,7,11). The van der Waals surface area contributed by atoms with Gasteiger partial charge in [0.15, 0.2) is 0 Å². The number of rotatable bonds is 2. The highest BCUT2D eigenvalue weighted by Crippen LogP contribution is 2.14. The predicted molar refractivity (Wildman–Crippen MR) is 36.4 cm³/mol. The van der Waals surface area contributed by atoms with Crippen LogP contribution in [-0.2, 0) is 9.59 Å². The van der Waals surface area contributed by atoms with E-state index in [0.717, 1.165) is 0 Å². The van der Waals surface area contributed by atoms with Crippen LogP contribution in [0, 0.1) is 0 Å². The maximum absolute atomic E-state index is 10.6. The highest BCUT2D eigenvalue weighted by molar-refractivity contribution is 5.82. The normalized spacial score (nSPS) is 30.5. The molecule has 2 amide bonds. The van der Waals surface area contributed by atoms with Gasteiger partial charge in [0.1, 0.15) is 6.04 Å². The van der Waals surface area contributed by atoms with Crippen LogP contribution < -0.4 is 5.73 Å². The second-order valence-corrected chi connectivity index (χ2v) is 2.61. The summed E-state index contributed by atoms with van der Waals surface area (Å²) in [6.07, 6.45) is 0.178. The summed E-state index contributed by atoms with van der Waals surface area (Å²) in [6, 6.07) is -0.623. The highest BCUT2D eigenvalue weighted by Gasteiger charge is 2.33. The lowest BCUT2D eigenvalue weighted by molar-refractivity contribution is -0.129. The van der Waals surface area contributed by atoms with E-state index in [2.05, 4.69) is 0 Å². The zero-order chi connectivity index (χ0) is 8.43. The number of carbonyl (C=O) groups is 2. The summed E-state index contributed by atoms with van der Waals surface area (Å²) in [5.41, 5.74) is 4.98. The van der Waals surface area contributed by atoms with Gasteiger partial charge >= 0.3 is 0 Å². The monoisotopic (exact) mass is 158 g/mol. The lowest BCUT2D eigenvalue weighted by Gasteiger charge is -2.14. The zero-order valence-electron chi connectivity index (χ0n) is 5.93. The van der Waals surface area contributed by atoms with Gasteiger partial charge in [-0.05, 0) is 0 Å². The molecule has 62 valence electrons. The molecule has 2 atom stereocenters. The summed E-state index contributed by atoms with van der Waals surface area (Å²) in [5.74, 6) is -0.561. The van der Waals surface area contributed by atoms with Gasteiger partial charge in [0, 0.05) is 13.0 Å². The maximum Gasteiger partial charge on any atom is 0.240 e. The molecule has 1 aliphatic rings. The van der Waals surface area contributed by atoms with Crippen molar-refractivity contribution in [1.82, 2.24) is 4.90 Å². The second kappa shape index (κ2) is 2.87. The Hall–Kier alpha value is -1.10. The number of aliphatic hydroxyl groups excluding tert-OH is 1. The van der Waals surface area contributed by atoms with Crippen molar-refractivity contribution in [2.24, 2.45) is 5.73 Å². The second-order valence-electron chi connectivity index (χ2n) is 2.61. The molecule has 0 radical (unpaired) electrons. The van der Waals surface area contributed by atoms with E-state index in [4.69, 9.17) is 10.8 Å². The minimum atomic E-state index is -0.623. The number of primary amides is 1. The van der Waals surface area contributed by atoms with Gasteiger partial charge in [0.25, 0.3) is 0 Å². The largest absolute Gasteiger partial charge is 0.391 e. The lowest BCUT2D eigenvalue weighted by Crippen LogP contribution is -2.39. The first kappa shape index (κ1) is 8.00. The molecule has 0 aromatic rings. The van der Waals surface area contributed by atoms with Gasteiger partial charge in [0.2, 0.25) is 12.3 Å². The lowest BCUT2D eigenvalue weighted by atomic mass is 10.2. The smallest absolute Gasteiger partial charge is 0.240 e. The van der Waals surface area contributed by atoms with Crippen LogP contribution in [0.3, 0.4) is 0 Å². The SMILES string of the molecule is NC(=O)C1CC(O)CN1C=O. The van der Waals surface area contributed by atoms with Crippen molar-refractivity contribution in [3.05, 3.63) is 0 Å². The summed E-state index contributed by atoms with van der Waals surface area (Å²) >= 11 is 0. The molecule has 0 aromatic heterocycles. The molecular formula is C6H10N2O3. The first-order chi connectivity index (χ1) is 5.15. The Morgan fingerprint density at radius 2 is 2.36 bits per heavy atom. The van der Waals surface area contributed by atoms with E-state index in [9.17, 15) is 9.59 Å². The highest BCUT2D eigenvalue weighted by atomic mass is 16.3. The van der Waals surface area contributed by atoms with Crippen molar-refractivity contribution >= 4 is 12.3 Å². The molecule has 0 spiro atoms. The topological polar surface area (TPSA) is 83.6 Å². The van der Waals surface area contributed by atoms with Gasteiger partial charge in [0.05, 0.1) is 6.10 Å². The van der Waals surface area contributed by atoms with E-state index in [1.807, 2.05) is 0 Å². The van der Waals surface area contributed by atoms with E-state index in [1.54, 1.807) is 0 Å². The molecule has 0 aromatic carbocycles. The number of hydrogen-bond donors (Lipinski definition) is 2. The molecule has 3 N–H and O–H groups in total. The third-order valence-corrected chi connectivity index (χ3v) is 1.78. The number of aliphatic hydroxyl groups is 1. The van der Waals surface area contributed by atoms with Crippen molar-refractivity contribution in [3.8, 4) is 0 Å². The van der Waals surface area contributed by atoms with Crippen LogP contribution in [-0.4, -0.2) is 41.0 Å². The fourth-order valence-electron chi connectivity index (χ4n) is 1.23. The summed E-state index contributed by atoms with van der Waals surface area (Å²) in [7, 11) is 0. The fourth-order valence-corrected chi connectivity index (χ4v) is 1.23. The van der Waals surface area contributed by atoms with Crippen molar-refractivity contribution in [3.63, 3.8) is 0 Å². The number of nitrogens with two attached hydrogens (primary N) is 1. The van der Waals surface area contributed by atoms with Gasteiger partial charge in [-0.2, -0.15) is 0 Å². The Morgan fingerprint density at radius 3 is 2.73 bits per heavy atom. The Morgan fingerprint density at radius 1 is 1.73 bits per heavy atom. The van der Waals surface area contributed by atoms with Crippen LogP contribution in [0.15, 0.2) is 0 Å². The van der Waals surface area contributed by atoms with E-state index in [0.29, 0.717) is 6.41 Å². The summed E-state index contributed by atoms with van der Waals surface area (Å²) in [6.45, 7) is 0.205. The number of amides is 2.